The molecule has 1 saturated carbocycles. The van der Waals surface area contributed by atoms with Crippen molar-refractivity contribution in [3.05, 3.63) is 30.3 Å². The van der Waals surface area contributed by atoms with Crippen molar-refractivity contribution in [2.45, 2.75) is 36.0 Å². The number of ether oxygens (including phenoxy) is 1. The number of methoxy groups -OCH3 is 1. The van der Waals surface area contributed by atoms with Crippen LogP contribution in [0, 0.1) is 0 Å². The van der Waals surface area contributed by atoms with Crippen LogP contribution in [0.3, 0.4) is 0 Å². The average Bonchev–Trinajstić information content (AvgIpc) is 3.46. The third-order valence-electron chi connectivity index (χ3n) is 4.20. The molecule has 7 heteroatoms. The van der Waals surface area contributed by atoms with Gasteiger partial charge < -0.3 is 15.4 Å². The Labute approximate surface area is 179 Å². The molecular formula is C19H33IN4OS. The number of guanidine groups is 1. The highest BCUT2D eigenvalue weighted by Crippen LogP contribution is 2.26. The maximum absolute atomic E-state index is 5.21. The maximum atomic E-state index is 5.21. The summed E-state index contributed by atoms with van der Waals surface area (Å²) >= 11 is 1.88. The Morgan fingerprint density at radius 2 is 2.00 bits per heavy atom. The van der Waals surface area contributed by atoms with E-state index >= 15 is 0 Å². The Hall–Kier alpha value is -0.510. The monoisotopic (exact) mass is 492 g/mol. The van der Waals surface area contributed by atoms with Crippen LogP contribution in [-0.2, 0) is 4.74 Å². The molecule has 1 fully saturated rings. The van der Waals surface area contributed by atoms with E-state index < -0.39 is 0 Å². The van der Waals surface area contributed by atoms with Crippen molar-refractivity contribution in [2.75, 3.05) is 46.9 Å². The Morgan fingerprint density at radius 1 is 1.27 bits per heavy atom. The molecule has 0 radical (unpaired) electrons. The van der Waals surface area contributed by atoms with Crippen molar-refractivity contribution in [1.82, 2.24) is 15.5 Å². The van der Waals surface area contributed by atoms with E-state index in [1.54, 1.807) is 7.11 Å². The van der Waals surface area contributed by atoms with E-state index in [0.29, 0.717) is 5.25 Å². The standard InChI is InChI=1S/C19H32N4OS.HI/c1-16(25-18-7-5-4-6-8-18)15-22-19(20-2)21-11-12-23(13-14-24-3)17-9-10-17;/h4-8,16-17H,9-15H2,1-3H3,(H2,20,21,22);1H. The van der Waals surface area contributed by atoms with Gasteiger partial charge in [0.25, 0.3) is 0 Å². The summed E-state index contributed by atoms with van der Waals surface area (Å²) in [4.78, 5) is 8.14. The summed E-state index contributed by atoms with van der Waals surface area (Å²) in [7, 11) is 3.59. The van der Waals surface area contributed by atoms with Crippen LogP contribution in [0.4, 0.5) is 0 Å². The Morgan fingerprint density at radius 3 is 2.62 bits per heavy atom. The van der Waals surface area contributed by atoms with Crippen molar-refractivity contribution in [2.24, 2.45) is 4.99 Å². The van der Waals surface area contributed by atoms with Gasteiger partial charge in [0.05, 0.1) is 6.61 Å². The first-order valence-electron chi connectivity index (χ1n) is 9.12. The largest absolute Gasteiger partial charge is 0.383 e. The molecule has 0 amide bonds. The molecule has 1 aromatic rings. The first-order chi connectivity index (χ1) is 12.2. The molecule has 148 valence electrons. The van der Waals surface area contributed by atoms with Crippen molar-refractivity contribution in [3.8, 4) is 0 Å². The zero-order valence-electron chi connectivity index (χ0n) is 16.1. The minimum absolute atomic E-state index is 0. The number of rotatable bonds is 11. The molecule has 1 unspecified atom stereocenters. The zero-order chi connectivity index (χ0) is 17.9. The lowest BCUT2D eigenvalue weighted by Crippen LogP contribution is -2.44. The van der Waals surface area contributed by atoms with Crippen molar-refractivity contribution in [1.29, 1.82) is 0 Å². The second-order valence-electron chi connectivity index (χ2n) is 6.38. The number of hydrogen-bond acceptors (Lipinski definition) is 4. The van der Waals surface area contributed by atoms with E-state index in [1.165, 1.54) is 17.7 Å². The first-order valence-corrected chi connectivity index (χ1v) is 10.00. The summed E-state index contributed by atoms with van der Waals surface area (Å²) in [5.74, 6) is 0.878. The first kappa shape index (κ1) is 23.5. The van der Waals surface area contributed by atoms with Crippen LogP contribution in [0.1, 0.15) is 19.8 Å². The molecule has 0 aliphatic heterocycles. The van der Waals surface area contributed by atoms with Crippen LogP contribution >= 0.6 is 35.7 Å². The number of hydrogen-bond donors (Lipinski definition) is 2. The fourth-order valence-corrected chi connectivity index (χ4v) is 3.62. The maximum Gasteiger partial charge on any atom is 0.191 e. The lowest BCUT2D eigenvalue weighted by Gasteiger charge is -2.22. The van der Waals surface area contributed by atoms with Gasteiger partial charge in [-0.2, -0.15) is 0 Å². The van der Waals surface area contributed by atoms with Gasteiger partial charge in [0, 0.05) is 56.5 Å². The smallest absolute Gasteiger partial charge is 0.191 e. The lowest BCUT2D eigenvalue weighted by atomic mass is 10.4. The lowest BCUT2D eigenvalue weighted by molar-refractivity contribution is 0.144. The zero-order valence-corrected chi connectivity index (χ0v) is 19.3. The number of aliphatic imine (C=N–C) groups is 1. The van der Waals surface area contributed by atoms with Crippen LogP contribution in [0.2, 0.25) is 0 Å². The highest BCUT2D eigenvalue weighted by atomic mass is 127. The number of nitrogens with one attached hydrogen (secondary N) is 2. The summed E-state index contributed by atoms with van der Waals surface area (Å²) in [6, 6.07) is 11.3. The molecule has 0 spiro atoms. The van der Waals surface area contributed by atoms with E-state index in [0.717, 1.165) is 44.8 Å². The molecule has 1 atom stereocenters. The van der Waals surface area contributed by atoms with Gasteiger partial charge in [0.15, 0.2) is 5.96 Å². The number of thioether (sulfide) groups is 1. The van der Waals surface area contributed by atoms with Gasteiger partial charge in [-0.15, -0.1) is 35.7 Å². The molecule has 1 aromatic carbocycles. The number of halogens is 1. The van der Waals surface area contributed by atoms with E-state index in [9.17, 15) is 0 Å². The molecule has 0 aromatic heterocycles. The van der Waals surface area contributed by atoms with E-state index in [1.807, 2.05) is 18.8 Å². The topological polar surface area (TPSA) is 48.9 Å². The fourth-order valence-electron chi connectivity index (χ4n) is 2.68. The fraction of sp³-hybridized carbons (Fsp3) is 0.632. The predicted octanol–water partition coefficient (Wildman–Crippen LogP) is 3.06. The second-order valence-corrected chi connectivity index (χ2v) is 7.89. The third-order valence-corrected chi connectivity index (χ3v) is 5.31. The quantitative estimate of drug-likeness (QED) is 0.215. The summed E-state index contributed by atoms with van der Waals surface area (Å²) in [5, 5.41) is 7.33. The Kier molecular flexibility index (Phi) is 12.3. The summed E-state index contributed by atoms with van der Waals surface area (Å²) in [5.41, 5.74) is 0. The average molecular weight is 492 g/mol. The molecule has 2 rings (SSSR count). The van der Waals surface area contributed by atoms with Crippen LogP contribution in [0.15, 0.2) is 40.2 Å². The van der Waals surface area contributed by atoms with Gasteiger partial charge in [-0.25, -0.2) is 0 Å². The minimum Gasteiger partial charge on any atom is -0.383 e. The summed E-state index contributed by atoms with van der Waals surface area (Å²) in [6.45, 7) is 6.87. The molecule has 0 saturated heterocycles. The highest BCUT2D eigenvalue weighted by molar-refractivity contribution is 14.0. The van der Waals surface area contributed by atoms with Gasteiger partial charge in [-0.05, 0) is 25.0 Å². The Bertz CT molecular complexity index is 514. The van der Waals surface area contributed by atoms with Crippen molar-refractivity contribution in [3.63, 3.8) is 0 Å². The van der Waals surface area contributed by atoms with Gasteiger partial charge >= 0.3 is 0 Å². The summed E-state index contributed by atoms with van der Waals surface area (Å²) < 4.78 is 5.21. The van der Waals surface area contributed by atoms with E-state index in [-0.39, 0.29) is 24.0 Å². The van der Waals surface area contributed by atoms with Crippen molar-refractivity contribution < 1.29 is 4.74 Å². The van der Waals surface area contributed by atoms with Gasteiger partial charge in [-0.3, -0.25) is 9.89 Å². The van der Waals surface area contributed by atoms with Crippen LogP contribution in [-0.4, -0.2) is 69.1 Å². The number of benzene rings is 1. The molecular weight excluding hydrogens is 459 g/mol. The van der Waals surface area contributed by atoms with Gasteiger partial charge in [0.2, 0.25) is 0 Å². The summed E-state index contributed by atoms with van der Waals surface area (Å²) in [6.07, 6.45) is 2.65. The molecule has 1 aliphatic rings. The SMILES string of the molecule is CN=C(NCCN(CCOC)C1CC1)NCC(C)Sc1ccccc1.I. The molecule has 26 heavy (non-hydrogen) atoms. The van der Waals surface area contributed by atoms with E-state index in [4.69, 9.17) is 4.74 Å². The minimum atomic E-state index is 0. The van der Waals surface area contributed by atoms with Gasteiger partial charge in [0.1, 0.15) is 0 Å². The Balaban J connectivity index is 0.00000338. The van der Waals surface area contributed by atoms with E-state index in [2.05, 4.69) is 57.8 Å². The van der Waals surface area contributed by atoms with Crippen LogP contribution in [0.25, 0.3) is 0 Å². The number of nitrogens with zero attached hydrogens (tertiary/aromatic N) is 2. The van der Waals surface area contributed by atoms with Crippen LogP contribution in [0.5, 0.6) is 0 Å². The van der Waals surface area contributed by atoms with Crippen molar-refractivity contribution >= 4 is 41.7 Å². The van der Waals surface area contributed by atoms with Crippen LogP contribution < -0.4 is 10.6 Å². The van der Waals surface area contributed by atoms with Gasteiger partial charge in [-0.1, -0.05) is 25.1 Å². The molecule has 0 heterocycles. The highest BCUT2D eigenvalue weighted by Gasteiger charge is 2.28. The molecule has 2 N–H and O–H groups in total. The molecule has 5 nitrogen and oxygen atoms in total. The third kappa shape index (κ3) is 9.43. The second kappa shape index (κ2) is 13.6. The molecule has 0 bridgehead atoms. The predicted molar refractivity (Wildman–Crippen MR) is 123 cm³/mol. The normalized spacial score (nSPS) is 15.5. The molecule has 1 aliphatic carbocycles.